The van der Waals surface area contributed by atoms with Gasteiger partial charge in [0.2, 0.25) is 0 Å². The summed E-state index contributed by atoms with van der Waals surface area (Å²) in [5, 5.41) is 13.2. The third kappa shape index (κ3) is 2.31. The fraction of sp³-hybridized carbons (Fsp3) is 0. The second kappa shape index (κ2) is 5.01. The maximum absolute atomic E-state index is 10.8. The van der Waals surface area contributed by atoms with Gasteiger partial charge in [0.05, 0.1) is 17.4 Å². The van der Waals surface area contributed by atoms with E-state index in [-0.39, 0.29) is 5.56 Å². The predicted molar refractivity (Wildman–Crippen MR) is 76.0 cm³/mol. The van der Waals surface area contributed by atoms with E-state index in [9.17, 15) is 4.79 Å². The highest BCUT2D eigenvalue weighted by Crippen LogP contribution is 2.20. The topological polar surface area (TPSA) is 55.1 Å². The molecule has 20 heavy (non-hydrogen) atoms. The van der Waals surface area contributed by atoms with Crippen LogP contribution < -0.4 is 0 Å². The van der Waals surface area contributed by atoms with Crippen molar-refractivity contribution in [3.8, 4) is 16.8 Å². The van der Waals surface area contributed by atoms with Gasteiger partial charge < -0.3 is 5.11 Å². The molecule has 0 bridgehead atoms. The molecule has 4 heteroatoms. The lowest BCUT2D eigenvalue weighted by Crippen LogP contribution is -1.94. The van der Waals surface area contributed by atoms with Crippen LogP contribution in [0.15, 0.2) is 67.0 Å². The van der Waals surface area contributed by atoms with Crippen molar-refractivity contribution in [2.75, 3.05) is 0 Å². The lowest BCUT2D eigenvalue weighted by Gasteiger charge is -2.00. The van der Waals surface area contributed by atoms with Gasteiger partial charge in [-0.25, -0.2) is 9.48 Å². The number of carboxylic acids is 1. The van der Waals surface area contributed by atoms with E-state index in [0.29, 0.717) is 0 Å². The Morgan fingerprint density at radius 2 is 1.65 bits per heavy atom. The summed E-state index contributed by atoms with van der Waals surface area (Å²) in [7, 11) is 0. The molecule has 3 aromatic rings. The van der Waals surface area contributed by atoms with Gasteiger partial charge in [0.25, 0.3) is 0 Å². The normalized spacial score (nSPS) is 10.4. The Bertz CT molecular complexity index is 731. The summed E-state index contributed by atoms with van der Waals surface area (Å²) in [5.74, 6) is -0.920. The molecule has 3 rings (SSSR count). The minimum Gasteiger partial charge on any atom is -0.478 e. The van der Waals surface area contributed by atoms with E-state index in [1.54, 1.807) is 35.1 Å². The van der Waals surface area contributed by atoms with Crippen LogP contribution in [0, 0.1) is 0 Å². The van der Waals surface area contributed by atoms with Gasteiger partial charge in [-0.15, -0.1) is 0 Å². The molecule has 1 N–H and O–H groups in total. The first kappa shape index (κ1) is 12.2. The van der Waals surface area contributed by atoms with Crippen molar-refractivity contribution in [1.82, 2.24) is 9.78 Å². The number of rotatable bonds is 3. The molecule has 0 saturated heterocycles. The van der Waals surface area contributed by atoms with E-state index in [1.165, 1.54) is 0 Å². The zero-order valence-electron chi connectivity index (χ0n) is 10.6. The van der Waals surface area contributed by atoms with Gasteiger partial charge in [0, 0.05) is 11.8 Å². The first-order valence-electron chi connectivity index (χ1n) is 6.18. The Labute approximate surface area is 115 Å². The van der Waals surface area contributed by atoms with Crippen LogP contribution in [0.2, 0.25) is 0 Å². The molecule has 0 aliphatic carbocycles. The Hall–Kier alpha value is -2.88. The number of aromatic nitrogens is 2. The minimum atomic E-state index is -0.920. The molecule has 0 aliphatic rings. The molecule has 0 aliphatic heterocycles. The van der Waals surface area contributed by atoms with Gasteiger partial charge in [0.1, 0.15) is 0 Å². The standard InChI is InChI=1S/C16H12N2O2/c19-16(20)13-8-6-12(7-9-13)14-10-17-18(11-14)15-4-2-1-3-5-15/h1-11H,(H,19,20). The fourth-order valence-corrected chi connectivity index (χ4v) is 2.00. The van der Waals surface area contributed by atoms with Crippen molar-refractivity contribution in [3.05, 3.63) is 72.6 Å². The Morgan fingerprint density at radius 1 is 0.950 bits per heavy atom. The molecule has 0 atom stereocenters. The lowest BCUT2D eigenvalue weighted by molar-refractivity contribution is 0.0697. The summed E-state index contributed by atoms with van der Waals surface area (Å²) < 4.78 is 1.79. The molecule has 0 unspecified atom stereocenters. The molecular formula is C16H12N2O2. The van der Waals surface area contributed by atoms with E-state index in [1.807, 2.05) is 36.5 Å². The van der Waals surface area contributed by atoms with Crippen molar-refractivity contribution in [2.45, 2.75) is 0 Å². The van der Waals surface area contributed by atoms with Gasteiger partial charge in [-0.3, -0.25) is 0 Å². The van der Waals surface area contributed by atoms with E-state index in [2.05, 4.69) is 5.10 Å². The maximum atomic E-state index is 10.8. The molecule has 4 nitrogen and oxygen atoms in total. The number of carbonyl (C=O) groups is 1. The molecule has 0 fully saturated rings. The number of benzene rings is 2. The number of aromatic carboxylic acids is 1. The zero-order chi connectivity index (χ0) is 13.9. The third-order valence-corrected chi connectivity index (χ3v) is 3.07. The third-order valence-electron chi connectivity index (χ3n) is 3.07. The summed E-state index contributed by atoms with van der Waals surface area (Å²) in [6, 6.07) is 16.6. The molecule has 1 aromatic heterocycles. The summed E-state index contributed by atoms with van der Waals surface area (Å²) in [6.45, 7) is 0. The quantitative estimate of drug-likeness (QED) is 0.790. The molecule has 0 amide bonds. The van der Waals surface area contributed by atoms with Crippen LogP contribution in [0.25, 0.3) is 16.8 Å². The Kier molecular flexibility index (Phi) is 3.05. The number of para-hydroxylation sites is 1. The van der Waals surface area contributed by atoms with Gasteiger partial charge in [-0.2, -0.15) is 5.10 Å². The summed E-state index contributed by atoms with van der Waals surface area (Å²) in [4.78, 5) is 10.8. The van der Waals surface area contributed by atoms with Crippen LogP contribution in [-0.2, 0) is 0 Å². The highest BCUT2D eigenvalue weighted by Gasteiger charge is 2.05. The Balaban J connectivity index is 1.92. The van der Waals surface area contributed by atoms with Crippen molar-refractivity contribution in [3.63, 3.8) is 0 Å². The molecule has 1 heterocycles. The van der Waals surface area contributed by atoms with Gasteiger partial charge in [0.15, 0.2) is 0 Å². The average molecular weight is 264 g/mol. The Morgan fingerprint density at radius 3 is 2.30 bits per heavy atom. The summed E-state index contributed by atoms with van der Waals surface area (Å²) in [5.41, 5.74) is 3.16. The van der Waals surface area contributed by atoms with E-state index in [4.69, 9.17) is 5.11 Å². The first-order chi connectivity index (χ1) is 9.74. The highest BCUT2D eigenvalue weighted by molar-refractivity contribution is 5.88. The largest absolute Gasteiger partial charge is 0.478 e. The summed E-state index contributed by atoms with van der Waals surface area (Å²) >= 11 is 0. The molecule has 98 valence electrons. The van der Waals surface area contributed by atoms with Crippen LogP contribution in [0.1, 0.15) is 10.4 Å². The maximum Gasteiger partial charge on any atom is 0.335 e. The molecule has 0 radical (unpaired) electrons. The molecule has 2 aromatic carbocycles. The van der Waals surface area contributed by atoms with E-state index in [0.717, 1.165) is 16.8 Å². The van der Waals surface area contributed by atoms with Crippen molar-refractivity contribution in [1.29, 1.82) is 0 Å². The van der Waals surface area contributed by atoms with Crippen LogP contribution >= 0.6 is 0 Å². The first-order valence-corrected chi connectivity index (χ1v) is 6.18. The molecular weight excluding hydrogens is 252 g/mol. The summed E-state index contributed by atoms with van der Waals surface area (Å²) in [6.07, 6.45) is 3.69. The van der Waals surface area contributed by atoms with Gasteiger partial charge >= 0.3 is 5.97 Å². The lowest BCUT2D eigenvalue weighted by atomic mass is 10.1. The smallest absolute Gasteiger partial charge is 0.335 e. The molecule has 0 spiro atoms. The van der Waals surface area contributed by atoms with Crippen molar-refractivity contribution in [2.24, 2.45) is 0 Å². The van der Waals surface area contributed by atoms with Crippen LogP contribution in [0.3, 0.4) is 0 Å². The fourth-order valence-electron chi connectivity index (χ4n) is 2.00. The second-order valence-electron chi connectivity index (χ2n) is 4.39. The van der Waals surface area contributed by atoms with Gasteiger partial charge in [-0.1, -0.05) is 30.3 Å². The van der Waals surface area contributed by atoms with Crippen molar-refractivity contribution < 1.29 is 9.90 Å². The predicted octanol–water partition coefficient (Wildman–Crippen LogP) is 3.24. The number of carboxylic acid groups (broad SMARTS) is 1. The van der Waals surface area contributed by atoms with Gasteiger partial charge in [-0.05, 0) is 29.8 Å². The monoisotopic (exact) mass is 264 g/mol. The second-order valence-corrected chi connectivity index (χ2v) is 4.39. The van der Waals surface area contributed by atoms with Crippen LogP contribution in [0.4, 0.5) is 0 Å². The minimum absolute atomic E-state index is 0.282. The van der Waals surface area contributed by atoms with E-state index >= 15 is 0 Å². The number of hydrogen-bond acceptors (Lipinski definition) is 2. The molecule has 0 saturated carbocycles. The zero-order valence-corrected chi connectivity index (χ0v) is 10.6. The van der Waals surface area contributed by atoms with Crippen molar-refractivity contribution >= 4 is 5.97 Å². The number of nitrogens with zero attached hydrogens (tertiary/aromatic N) is 2. The average Bonchev–Trinajstić information content (AvgIpc) is 2.98. The SMILES string of the molecule is O=C(O)c1ccc(-c2cnn(-c3ccccc3)c2)cc1. The van der Waals surface area contributed by atoms with E-state index < -0.39 is 5.97 Å². The van der Waals surface area contributed by atoms with Crippen LogP contribution in [0.5, 0.6) is 0 Å². The van der Waals surface area contributed by atoms with Crippen LogP contribution in [-0.4, -0.2) is 20.9 Å². The highest BCUT2D eigenvalue weighted by atomic mass is 16.4. The number of hydrogen-bond donors (Lipinski definition) is 1.